The van der Waals surface area contributed by atoms with E-state index in [2.05, 4.69) is 15.0 Å². The summed E-state index contributed by atoms with van der Waals surface area (Å²) >= 11 is 0. The molecule has 0 atom stereocenters. The van der Waals surface area contributed by atoms with Crippen LogP contribution in [0.4, 0.5) is 11.4 Å². The van der Waals surface area contributed by atoms with Crippen molar-refractivity contribution in [3.63, 3.8) is 0 Å². The monoisotopic (exact) mass is 536 g/mol. The molecule has 0 fully saturated rings. The van der Waals surface area contributed by atoms with Gasteiger partial charge in [0.1, 0.15) is 10.6 Å². The van der Waals surface area contributed by atoms with Crippen molar-refractivity contribution in [2.24, 2.45) is 0 Å². The number of aromatic amines is 1. The van der Waals surface area contributed by atoms with Crippen molar-refractivity contribution in [3.05, 3.63) is 93.7 Å². The summed E-state index contributed by atoms with van der Waals surface area (Å²) in [5.41, 5.74) is 3.46. The van der Waals surface area contributed by atoms with E-state index < -0.39 is 14.9 Å². The number of amides is 1. The van der Waals surface area contributed by atoms with Gasteiger partial charge in [-0.05, 0) is 60.7 Å². The van der Waals surface area contributed by atoms with Crippen LogP contribution >= 0.6 is 0 Å². The van der Waals surface area contributed by atoms with Gasteiger partial charge >= 0.3 is 0 Å². The van der Waals surface area contributed by atoms with Crippen LogP contribution in [-0.2, 0) is 27.7 Å². The first-order valence-electron chi connectivity index (χ1n) is 11.9. The molecule has 0 spiro atoms. The maximum Gasteiger partial charge on any atom is 0.269 e. The lowest BCUT2D eigenvalue weighted by molar-refractivity contribution is -0.384. The Hall–Kier alpha value is -4.38. The van der Waals surface area contributed by atoms with E-state index in [1.165, 1.54) is 31.4 Å². The fourth-order valence-corrected chi connectivity index (χ4v) is 5.47. The zero-order chi connectivity index (χ0) is 27.3. The van der Waals surface area contributed by atoms with E-state index in [9.17, 15) is 23.3 Å². The van der Waals surface area contributed by atoms with Crippen LogP contribution in [0.5, 0.6) is 5.75 Å². The third kappa shape index (κ3) is 6.12. The molecule has 0 aliphatic rings. The highest BCUT2D eigenvalue weighted by Crippen LogP contribution is 2.29. The number of H-pyrrole nitrogens is 1. The standard InChI is InChI=1S/C27H28N4O6S/c1-18-15-21(31(33)34)9-10-23(18)30-38(35,36)26-11-7-19(16-25(26)37-2)8-12-27(32)28-14-13-20-17-29-24-6-4-3-5-22(20)24/h3-7,9-11,15-17,29-30H,8,12-14H2,1-2H3,(H,28,32). The number of para-hydroxylation sites is 1. The van der Waals surface area contributed by atoms with Crippen molar-refractivity contribution in [2.45, 2.75) is 31.1 Å². The molecular formula is C27H28N4O6S. The van der Waals surface area contributed by atoms with Crippen LogP contribution in [0.25, 0.3) is 10.9 Å². The first-order valence-corrected chi connectivity index (χ1v) is 13.4. The van der Waals surface area contributed by atoms with Crippen LogP contribution in [0.3, 0.4) is 0 Å². The molecule has 11 heteroatoms. The Kier molecular flexibility index (Phi) is 7.96. The van der Waals surface area contributed by atoms with E-state index in [4.69, 9.17) is 4.74 Å². The highest BCUT2D eigenvalue weighted by atomic mass is 32.2. The summed E-state index contributed by atoms with van der Waals surface area (Å²) in [6.45, 7) is 2.09. The number of methoxy groups -OCH3 is 1. The summed E-state index contributed by atoms with van der Waals surface area (Å²) in [4.78, 5) is 25.9. The number of anilines is 1. The first-order chi connectivity index (χ1) is 18.2. The molecule has 1 aromatic heterocycles. The fourth-order valence-electron chi connectivity index (χ4n) is 4.19. The second-order valence-electron chi connectivity index (χ2n) is 8.81. The second-order valence-corrected chi connectivity index (χ2v) is 10.5. The van der Waals surface area contributed by atoms with Crippen molar-refractivity contribution in [1.82, 2.24) is 10.3 Å². The number of ether oxygens (including phenoxy) is 1. The third-order valence-electron chi connectivity index (χ3n) is 6.21. The molecule has 3 N–H and O–H groups in total. The summed E-state index contributed by atoms with van der Waals surface area (Å²) in [5, 5.41) is 15.0. The molecule has 0 aliphatic heterocycles. The third-order valence-corrected chi connectivity index (χ3v) is 7.62. The highest BCUT2D eigenvalue weighted by Gasteiger charge is 2.22. The number of non-ortho nitro benzene ring substituents is 1. The number of sulfonamides is 1. The Morgan fingerprint density at radius 1 is 1.08 bits per heavy atom. The number of aryl methyl sites for hydroxylation is 2. The van der Waals surface area contributed by atoms with E-state index in [1.54, 1.807) is 19.1 Å². The van der Waals surface area contributed by atoms with Gasteiger partial charge in [-0.1, -0.05) is 24.3 Å². The predicted molar refractivity (Wildman–Crippen MR) is 145 cm³/mol. The average Bonchev–Trinajstić information content (AvgIpc) is 3.31. The van der Waals surface area contributed by atoms with Crippen LogP contribution in [-0.4, -0.2) is 37.9 Å². The zero-order valence-corrected chi connectivity index (χ0v) is 21.8. The summed E-state index contributed by atoms with van der Waals surface area (Å²) in [5.74, 6) is 0.0325. The molecule has 3 aromatic carbocycles. The Balaban J connectivity index is 1.35. The number of nitro groups is 1. The largest absolute Gasteiger partial charge is 0.495 e. The lowest BCUT2D eigenvalue weighted by Crippen LogP contribution is -2.25. The second kappa shape index (κ2) is 11.3. The molecule has 10 nitrogen and oxygen atoms in total. The Morgan fingerprint density at radius 2 is 1.87 bits per heavy atom. The van der Waals surface area contributed by atoms with Crippen molar-refractivity contribution < 1.29 is 22.9 Å². The quantitative estimate of drug-likeness (QED) is 0.190. The number of hydrogen-bond acceptors (Lipinski definition) is 6. The van der Waals surface area contributed by atoms with Gasteiger partial charge in [-0.2, -0.15) is 0 Å². The summed E-state index contributed by atoms with van der Waals surface area (Å²) in [6.07, 6.45) is 3.31. The summed E-state index contributed by atoms with van der Waals surface area (Å²) in [7, 11) is -2.67. The van der Waals surface area contributed by atoms with E-state index in [1.807, 2.05) is 30.5 Å². The number of rotatable bonds is 11. The molecular weight excluding hydrogens is 508 g/mol. The number of carbonyl (C=O) groups excluding carboxylic acids is 1. The van der Waals surface area contributed by atoms with Crippen LogP contribution < -0.4 is 14.8 Å². The minimum Gasteiger partial charge on any atom is -0.495 e. The van der Waals surface area contributed by atoms with E-state index in [0.717, 1.165) is 22.0 Å². The van der Waals surface area contributed by atoms with Gasteiger partial charge in [0, 0.05) is 42.2 Å². The lowest BCUT2D eigenvalue weighted by Gasteiger charge is -2.14. The summed E-state index contributed by atoms with van der Waals surface area (Å²) in [6, 6.07) is 16.5. The van der Waals surface area contributed by atoms with Gasteiger partial charge in [0.05, 0.1) is 17.7 Å². The predicted octanol–water partition coefficient (Wildman–Crippen LogP) is 4.49. The van der Waals surface area contributed by atoms with Crippen molar-refractivity contribution in [1.29, 1.82) is 0 Å². The number of aromatic nitrogens is 1. The van der Waals surface area contributed by atoms with Gasteiger partial charge in [-0.15, -0.1) is 0 Å². The molecule has 0 saturated heterocycles. The maximum atomic E-state index is 13.0. The molecule has 0 radical (unpaired) electrons. The Morgan fingerprint density at radius 3 is 2.61 bits per heavy atom. The number of benzene rings is 3. The Labute approximate surface area is 220 Å². The summed E-state index contributed by atoms with van der Waals surface area (Å²) < 4.78 is 33.9. The molecule has 38 heavy (non-hydrogen) atoms. The Bertz CT molecular complexity index is 1600. The fraction of sp³-hybridized carbons (Fsp3) is 0.222. The van der Waals surface area contributed by atoms with E-state index in [-0.39, 0.29) is 34.3 Å². The van der Waals surface area contributed by atoms with Crippen LogP contribution in [0.2, 0.25) is 0 Å². The van der Waals surface area contributed by atoms with Crippen LogP contribution in [0, 0.1) is 17.0 Å². The van der Waals surface area contributed by atoms with Gasteiger partial charge in [0.2, 0.25) is 5.91 Å². The molecule has 198 valence electrons. The molecule has 0 saturated carbocycles. The number of hydrogen-bond donors (Lipinski definition) is 3. The maximum absolute atomic E-state index is 13.0. The number of nitrogens with one attached hydrogen (secondary N) is 3. The zero-order valence-electron chi connectivity index (χ0n) is 21.0. The molecule has 0 unspecified atom stereocenters. The van der Waals surface area contributed by atoms with Gasteiger partial charge < -0.3 is 15.0 Å². The van der Waals surface area contributed by atoms with Gasteiger partial charge in [-0.3, -0.25) is 19.6 Å². The van der Waals surface area contributed by atoms with E-state index >= 15 is 0 Å². The first kappa shape index (κ1) is 26.7. The van der Waals surface area contributed by atoms with E-state index in [0.29, 0.717) is 24.9 Å². The smallest absolute Gasteiger partial charge is 0.269 e. The van der Waals surface area contributed by atoms with Gasteiger partial charge in [-0.25, -0.2) is 8.42 Å². The van der Waals surface area contributed by atoms with Crippen molar-refractivity contribution in [2.75, 3.05) is 18.4 Å². The molecule has 0 bridgehead atoms. The van der Waals surface area contributed by atoms with Gasteiger partial charge in [0.15, 0.2) is 0 Å². The van der Waals surface area contributed by atoms with Gasteiger partial charge in [0.25, 0.3) is 15.7 Å². The highest BCUT2D eigenvalue weighted by molar-refractivity contribution is 7.92. The number of carbonyl (C=O) groups is 1. The molecule has 4 aromatic rings. The van der Waals surface area contributed by atoms with Crippen molar-refractivity contribution >= 4 is 38.2 Å². The van der Waals surface area contributed by atoms with Crippen LogP contribution in [0.15, 0.2) is 71.8 Å². The van der Waals surface area contributed by atoms with Crippen molar-refractivity contribution in [3.8, 4) is 5.75 Å². The minimum absolute atomic E-state index is 0.0790. The normalized spacial score (nSPS) is 11.3. The van der Waals surface area contributed by atoms with Crippen LogP contribution in [0.1, 0.15) is 23.1 Å². The molecule has 1 amide bonds. The molecule has 0 aliphatic carbocycles. The number of fused-ring (bicyclic) bond motifs is 1. The average molecular weight is 537 g/mol. The SMILES string of the molecule is COc1cc(CCC(=O)NCCc2c[nH]c3ccccc23)ccc1S(=O)(=O)Nc1ccc([N+](=O)[O-])cc1C. The molecule has 1 heterocycles. The lowest BCUT2D eigenvalue weighted by atomic mass is 10.1. The topological polar surface area (TPSA) is 143 Å². The number of nitrogens with zero attached hydrogens (tertiary/aromatic N) is 1. The number of nitro benzene ring substituents is 1. The minimum atomic E-state index is -4.04. The molecule has 4 rings (SSSR count).